The van der Waals surface area contributed by atoms with E-state index >= 15 is 0 Å². The molecule has 2 rings (SSSR count). The van der Waals surface area contributed by atoms with E-state index in [-0.39, 0.29) is 5.91 Å². The van der Waals surface area contributed by atoms with E-state index in [0.29, 0.717) is 23.4 Å². The van der Waals surface area contributed by atoms with E-state index in [2.05, 4.69) is 15.6 Å². The van der Waals surface area contributed by atoms with Crippen LogP contribution in [0.2, 0.25) is 0 Å². The molecule has 0 bridgehead atoms. The van der Waals surface area contributed by atoms with Crippen LogP contribution in [0, 0.1) is 0 Å². The van der Waals surface area contributed by atoms with E-state index in [1.54, 1.807) is 31.2 Å². The fraction of sp³-hybridized carbons (Fsp3) is 0.222. The fourth-order valence-corrected chi connectivity index (χ4v) is 2.07. The summed E-state index contributed by atoms with van der Waals surface area (Å²) in [4.78, 5) is 39.2. The molecular weight excluding hydrogens is 322 g/mol. The van der Waals surface area contributed by atoms with Crippen molar-refractivity contribution >= 4 is 29.2 Å². The molecule has 0 aliphatic rings. The smallest absolute Gasteiger partial charge is 0.339 e. The number of nitrogens with zero attached hydrogens (tertiary/aromatic N) is 1. The van der Waals surface area contributed by atoms with Crippen LogP contribution in [0.3, 0.4) is 0 Å². The number of nitrogens with one attached hydrogen (secondary N) is 2. The van der Waals surface area contributed by atoms with Crippen LogP contribution in [0.1, 0.15) is 30.6 Å². The first-order valence-corrected chi connectivity index (χ1v) is 7.79. The number of anilines is 2. The summed E-state index contributed by atoms with van der Waals surface area (Å²) in [6.07, 6.45) is 2.39. The summed E-state index contributed by atoms with van der Waals surface area (Å²) in [5.41, 5.74) is 1.50. The first-order chi connectivity index (χ1) is 12.0. The minimum absolute atomic E-state index is 0.175. The molecule has 0 spiro atoms. The monoisotopic (exact) mass is 341 g/mol. The van der Waals surface area contributed by atoms with E-state index in [4.69, 9.17) is 4.74 Å². The molecule has 1 atom stereocenters. The minimum Gasteiger partial charge on any atom is -0.449 e. The quantitative estimate of drug-likeness (QED) is 0.787. The molecule has 0 saturated carbocycles. The van der Waals surface area contributed by atoms with Crippen LogP contribution in [0.15, 0.2) is 48.8 Å². The lowest BCUT2D eigenvalue weighted by Gasteiger charge is -2.16. The Morgan fingerprint density at radius 1 is 1.00 bits per heavy atom. The summed E-state index contributed by atoms with van der Waals surface area (Å²) in [6, 6.07) is 9.68. The summed E-state index contributed by atoms with van der Waals surface area (Å²) < 4.78 is 5.26. The summed E-state index contributed by atoms with van der Waals surface area (Å²) in [7, 11) is 0. The average molecular weight is 341 g/mol. The van der Waals surface area contributed by atoms with Crippen molar-refractivity contribution in [2.75, 3.05) is 10.6 Å². The van der Waals surface area contributed by atoms with Crippen LogP contribution in [0.25, 0.3) is 0 Å². The van der Waals surface area contributed by atoms with Gasteiger partial charge in [0.15, 0.2) is 6.10 Å². The lowest BCUT2D eigenvalue weighted by Crippen LogP contribution is -2.32. The van der Waals surface area contributed by atoms with E-state index in [9.17, 15) is 14.4 Å². The van der Waals surface area contributed by atoms with Crippen molar-refractivity contribution in [2.45, 2.75) is 26.4 Å². The van der Waals surface area contributed by atoms with Gasteiger partial charge in [-0.25, -0.2) is 4.79 Å². The first-order valence-electron chi connectivity index (χ1n) is 7.79. The topological polar surface area (TPSA) is 97.4 Å². The van der Waals surface area contributed by atoms with Gasteiger partial charge in [0.1, 0.15) is 0 Å². The molecule has 0 aliphatic carbocycles. The molecule has 2 aromatic rings. The zero-order valence-corrected chi connectivity index (χ0v) is 14.0. The number of rotatable bonds is 6. The van der Waals surface area contributed by atoms with Crippen molar-refractivity contribution in [3.05, 3.63) is 54.4 Å². The molecule has 7 heteroatoms. The van der Waals surface area contributed by atoms with Crippen molar-refractivity contribution < 1.29 is 19.1 Å². The Balaban J connectivity index is 1.97. The van der Waals surface area contributed by atoms with Crippen LogP contribution < -0.4 is 10.6 Å². The number of carbonyl (C=O) groups is 3. The maximum atomic E-state index is 12.3. The molecule has 7 nitrogen and oxygen atoms in total. The van der Waals surface area contributed by atoms with Gasteiger partial charge in [-0.3, -0.25) is 14.6 Å². The van der Waals surface area contributed by atoms with E-state index in [0.717, 1.165) is 0 Å². The van der Waals surface area contributed by atoms with Gasteiger partial charge in [0, 0.05) is 30.7 Å². The lowest BCUT2D eigenvalue weighted by atomic mass is 10.2. The Hall–Kier alpha value is -3.22. The van der Waals surface area contributed by atoms with Gasteiger partial charge in [-0.05, 0) is 42.8 Å². The van der Waals surface area contributed by atoms with Crippen molar-refractivity contribution in [3.8, 4) is 0 Å². The van der Waals surface area contributed by atoms with Gasteiger partial charge in [0.25, 0.3) is 5.91 Å². The van der Waals surface area contributed by atoms with Gasteiger partial charge in [0.2, 0.25) is 5.91 Å². The molecule has 1 aromatic carbocycles. The second kappa shape index (κ2) is 8.58. The van der Waals surface area contributed by atoms with E-state index in [1.165, 1.54) is 31.5 Å². The summed E-state index contributed by atoms with van der Waals surface area (Å²) >= 11 is 0. The number of pyridine rings is 1. The predicted molar refractivity (Wildman–Crippen MR) is 93.1 cm³/mol. The van der Waals surface area contributed by atoms with Gasteiger partial charge in [-0.1, -0.05) is 6.92 Å². The Kier molecular flexibility index (Phi) is 6.22. The molecule has 1 heterocycles. The fourth-order valence-electron chi connectivity index (χ4n) is 2.07. The Labute approximate surface area is 145 Å². The Bertz CT molecular complexity index is 745. The maximum Gasteiger partial charge on any atom is 0.339 e. The Morgan fingerprint density at radius 3 is 2.08 bits per heavy atom. The second-order valence-electron chi connectivity index (χ2n) is 5.29. The molecule has 1 aromatic heterocycles. The molecule has 0 fully saturated rings. The third-order valence-electron chi connectivity index (χ3n) is 3.30. The van der Waals surface area contributed by atoms with Crippen LogP contribution in [-0.2, 0) is 14.3 Å². The van der Waals surface area contributed by atoms with Gasteiger partial charge < -0.3 is 15.4 Å². The molecule has 0 aliphatic heterocycles. The highest BCUT2D eigenvalue weighted by Gasteiger charge is 2.22. The number of aromatic nitrogens is 1. The molecule has 2 N–H and O–H groups in total. The SMILES string of the molecule is CCC(OC(=O)c1ccncc1)C(=O)Nc1ccc(NC(C)=O)cc1. The van der Waals surface area contributed by atoms with Crippen molar-refractivity contribution in [1.82, 2.24) is 4.98 Å². The highest BCUT2D eigenvalue weighted by molar-refractivity contribution is 5.97. The number of benzene rings is 1. The van der Waals surface area contributed by atoms with Crippen LogP contribution in [-0.4, -0.2) is 28.9 Å². The number of carbonyl (C=O) groups excluding carboxylic acids is 3. The van der Waals surface area contributed by atoms with Crippen LogP contribution in [0.5, 0.6) is 0 Å². The zero-order chi connectivity index (χ0) is 18.2. The third-order valence-corrected chi connectivity index (χ3v) is 3.30. The first kappa shape index (κ1) is 18.1. The summed E-state index contributed by atoms with van der Waals surface area (Å²) in [5, 5.41) is 5.33. The van der Waals surface area contributed by atoms with Gasteiger partial charge >= 0.3 is 5.97 Å². The molecule has 0 radical (unpaired) electrons. The standard InChI is InChI=1S/C18H19N3O4/c1-3-16(25-18(24)13-8-10-19-11-9-13)17(23)21-15-6-4-14(5-7-15)20-12(2)22/h4-11,16H,3H2,1-2H3,(H,20,22)(H,21,23). The average Bonchev–Trinajstić information content (AvgIpc) is 2.61. The molecule has 1 unspecified atom stereocenters. The molecule has 0 saturated heterocycles. The van der Waals surface area contributed by atoms with Crippen molar-refractivity contribution in [2.24, 2.45) is 0 Å². The molecule has 130 valence electrons. The summed E-state index contributed by atoms with van der Waals surface area (Å²) in [5.74, 6) is -1.17. The van der Waals surface area contributed by atoms with Gasteiger partial charge in [-0.2, -0.15) is 0 Å². The van der Waals surface area contributed by atoms with Crippen molar-refractivity contribution in [1.29, 1.82) is 0 Å². The van der Waals surface area contributed by atoms with Gasteiger partial charge in [-0.15, -0.1) is 0 Å². The second-order valence-corrected chi connectivity index (χ2v) is 5.29. The van der Waals surface area contributed by atoms with Crippen molar-refractivity contribution in [3.63, 3.8) is 0 Å². The number of hydrogen-bond acceptors (Lipinski definition) is 5. The number of ether oxygens (including phenoxy) is 1. The zero-order valence-electron chi connectivity index (χ0n) is 14.0. The summed E-state index contributed by atoms with van der Waals surface area (Å²) in [6.45, 7) is 3.17. The van der Waals surface area contributed by atoms with E-state index in [1.807, 2.05) is 0 Å². The highest BCUT2D eigenvalue weighted by Crippen LogP contribution is 2.15. The number of hydrogen-bond donors (Lipinski definition) is 2. The minimum atomic E-state index is -0.907. The number of esters is 1. The van der Waals surface area contributed by atoms with Crippen LogP contribution in [0.4, 0.5) is 11.4 Å². The largest absolute Gasteiger partial charge is 0.449 e. The molecular formula is C18H19N3O4. The van der Waals surface area contributed by atoms with E-state index < -0.39 is 18.0 Å². The number of amides is 2. The lowest BCUT2D eigenvalue weighted by molar-refractivity contribution is -0.124. The predicted octanol–water partition coefficient (Wildman–Crippen LogP) is 2.61. The normalized spacial score (nSPS) is 11.3. The Morgan fingerprint density at radius 2 is 1.56 bits per heavy atom. The van der Waals surface area contributed by atoms with Gasteiger partial charge in [0.05, 0.1) is 5.56 Å². The van der Waals surface area contributed by atoms with Crippen LogP contribution >= 0.6 is 0 Å². The molecule has 2 amide bonds. The maximum absolute atomic E-state index is 12.3. The third kappa shape index (κ3) is 5.42. The highest BCUT2D eigenvalue weighted by atomic mass is 16.5. The molecule has 25 heavy (non-hydrogen) atoms.